The average Bonchev–Trinajstić information content (AvgIpc) is 2.62. The van der Waals surface area contributed by atoms with Crippen molar-refractivity contribution in [2.24, 2.45) is 0 Å². The van der Waals surface area contributed by atoms with Crippen molar-refractivity contribution in [3.8, 4) is 11.3 Å². The highest BCUT2D eigenvalue weighted by molar-refractivity contribution is 5.63. The summed E-state index contributed by atoms with van der Waals surface area (Å²) in [4.78, 5) is 7.36. The van der Waals surface area contributed by atoms with Gasteiger partial charge in [0.05, 0.1) is 17.6 Å². The van der Waals surface area contributed by atoms with Gasteiger partial charge in [0.1, 0.15) is 5.82 Å². The van der Waals surface area contributed by atoms with E-state index in [2.05, 4.69) is 15.3 Å². The van der Waals surface area contributed by atoms with Crippen LogP contribution in [-0.4, -0.2) is 9.97 Å². The zero-order valence-electron chi connectivity index (χ0n) is 13.8. The van der Waals surface area contributed by atoms with Crippen LogP contribution in [0.25, 0.3) is 11.3 Å². The molecule has 3 rings (SSSR count). The van der Waals surface area contributed by atoms with Crippen molar-refractivity contribution >= 4 is 5.69 Å². The molecule has 1 N–H and O–H groups in total. The molecule has 0 aliphatic rings. The second kappa shape index (κ2) is 7.11. The van der Waals surface area contributed by atoms with E-state index in [0.717, 1.165) is 17.8 Å². The predicted molar refractivity (Wildman–Crippen MR) is 90.9 cm³/mol. The van der Waals surface area contributed by atoms with Crippen molar-refractivity contribution in [3.63, 3.8) is 0 Å². The lowest BCUT2D eigenvalue weighted by atomic mass is 10.1. The Morgan fingerprint density at radius 3 is 2.38 bits per heavy atom. The maximum Gasteiger partial charge on any atom is 0.435 e. The Balaban J connectivity index is 1.98. The van der Waals surface area contributed by atoms with Crippen LogP contribution in [0.4, 0.5) is 23.2 Å². The van der Waals surface area contributed by atoms with Gasteiger partial charge in [-0.2, -0.15) is 13.2 Å². The number of alkyl halides is 3. The third-order valence-corrected chi connectivity index (χ3v) is 3.84. The summed E-state index contributed by atoms with van der Waals surface area (Å²) in [5, 5.41) is 2.85. The fourth-order valence-electron chi connectivity index (χ4n) is 2.56. The molecule has 26 heavy (non-hydrogen) atoms. The molecule has 1 atom stereocenters. The van der Waals surface area contributed by atoms with Crippen LogP contribution < -0.4 is 5.32 Å². The lowest BCUT2D eigenvalue weighted by molar-refractivity contribution is -0.140. The van der Waals surface area contributed by atoms with E-state index in [9.17, 15) is 17.6 Å². The molecule has 0 saturated heterocycles. The molecule has 2 heterocycles. The second-order valence-electron chi connectivity index (χ2n) is 5.76. The number of nitrogens with one attached hydrogen (secondary N) is 1. The van der Waals surface area contributed by atoms with Crippen LogP contribution in [0.3, 0.4) is 0 Å². The zero-order valence-corrected chi connectivity index (χ0v) is 13.8. The Hall–Kier alpha value is -2.96. The molecule has 0 saturated carbocycles. The Labute approximate surface area is 147 Å². The molecule has 3 nitrogen and oxygen atoms in total. The normalized spacial score (nSPS) is 12.7. The van der Waals surface area contributed by atoms with Crippen LogP contribution in [-0.2, 0) is 6.18 Å². The summed E-state index contributed by atoms with van der Waals surface area (Å²) < 4.78 is 53.8. The standard InChI is InChI=1S/C19H15F4N3/c1-12(13-5-3-2-4-6-13)25-17-8-7-16(26-18(17)19(21,22)23)14-9-15(20)11-24-10-14/h2-12,25H,1H3. The number of pyridine rings is 2. The Kier molecular flexibility index (Phi) is 4.88. The van der Waals surface area contributed by atoms with Gasteiger partial charge in [0.15, 0.2) is 5.69 Å². The molecular weight excluding hydrogens is 346 g/mol. The van der Waals surface area contributed by atoms with Gasteiger partial charge in [-0.1, -0.05) is 30.3 Å². The first kappa shape index (κ1) is 17.8. The number of aromatic nitrogens is 2. The summed E-state index contributed by atoms with van der Waals surface area (Å²) in [5.41, 5.74) is -0.163. The van der Waals surface area contributed by atoms with E-state index in [1.807, 2.05) is 30.3 Å². The van der Waals surface area contributed by atoms with E-state index >= 15 is 0 Å². The molecule has 2 aromatic heterocycles. The zero-order chi connectivity index (χ0) is 18.7. The summed E-state index contributed by atoms with van der Waals surface area (Å²) in [6.07, 6.45) is -2.41. The molecule has 7 heteroatoms. The monoisotopic (exact) mass is 361 g/mol. The second-order valence-corrected chi connectivity index (χ2v) is 5.76. The van der Waals surface area contributed by atoms with Crippen LogP contribution in [0.15, 0.2) is 60.9 Å². The minimum Gasteiger partial charge on any atom is -0.377 e. The van der Waals surface area contributed by atoms with Gasteiger partial charge in [-0.15, -0.1) is 0 Å². The molecule has 3 aromatic rings. The quantitative estimate of drug-likeness (QED) is 0.626. The minimum absolute atomic E-state index is 0.00207. The molecule has 0 aliphatic carbocycles. The van der Waals surface area contributed by atoms with Crippen LogP contribution in [0.1, 0.15) is 24.2 Å². The summed E-state index contributed by atoms with van der Waals surface area (Å²) in [6.45, 7) is 1.76. The number of benzene rings is 1. The number of hydrogen-bond acceptors (Lipinski definition) is 3. The molecule has 0 amide bonds. The summed E-state index contributed by atoms with van der Waals surface area (Å²) >= 11 is 0. The molecular formula is C19H15F4N3. The van der Waals surface area contributed by atoms with Gasteiger partial charge in [-0.05, 0) is 30.7 Å². The molecule has 0 spiro atoms. The summed E-state index contributed by atoms with van der Waals surface area (Å²) in [7, 11) is 0. The number of anilines is 1. The van der Waals surface area contributed by atoms with Crippen molar-refractivity contribution in [3.05, 3.63) is 78.0 Å². The van der Waals surface area contributed by atoms with Gasteiger partial charge in [0, 0.05) is 17.8 Å². The number of hydrogen-bond donors (Lipinski definition) is 1. The molecule has 1 unspecified atom stereocenters. The van der Waals surface area contributed by atoms with Gasteiger partial charge < -0.3 is 5.32 Å². The molecule has 0 radical (unpaired) electrons. The molecule has 1 aromatic carbocycles. The molecule has 134 valence electrons. The molecule has 0 bridgehead atoms. The van der Waals surface area contributed by atoms with Crippen LogP contribution in [0.5, 0.6) is 0 Å². The van der Waals surface area contributed by atoms with E-state index < -0.39 is 17.7 Å². The Bertz CT molecular complexity index is 895. The van der Waals surface area contributed by atoms with Gasteiger partial charge in [0.25, 0.3) is 0 Å². The van der Waals surface area contributed by atoms with E-state index in [1.165, 1.54) is 18.3 Å². The Morgan fingerprint density at radius 1 is 1.00 bits per heavy atom. The number of rotatable bonds is 4. The fraction of sp³-hybridized carbons (Fsp3) is 0.158. The first-order valence-electron chi connectivity index (χ1n) is 7.85. The van der Waals surface area contributed by atoms with E-state index in [1.54, 1.807) is 6.92 Å². The fourth-order valence-corrected chi connectivity index (χ4v) is 2.56. The van der Waals surface area contributed by atoms with Gasteiger partial charge >= 0.3 is 6.18 Å². The lowest BCUT2D eigenvalue weighted by Crippen LogP contribution is -2.15. The minimum atomic E-state index is -4.66. The topological polar surface area (TPSA) is 37.8 Å². The lowest BCUT2D eigenvalue weighted by Gasteiger charge is -2.19. The van der Waals surface area contributed by atoms with Gasteiger partial charge in [-0.25, -0.2) is 9.37 Å². The smallest absolute Gasteiger partial charge is 0.377 e. The number of nitrogens with zero attached hydrogens (tertiary/aromatic N) is 2. The molecule has 0 fully saturated rings. The Morgan fingerprint density at radius 2 is 1.73 bits per heavy atom. The summed E-state index contributed by atoms with van der Waals surface area (Å²) in [5.74, 6) is -0.641. The number of halogens is 4. The van der Waals surface area contributed by atoms with Crippen molar-refractivity contribution in [1.29, 1.82) is 0 Å². The van der Waals surface area contributed by atoms with E-state index in [0.29, 0.717) is 0 Å². The van der Waals surface area contributed by atoms with E-state index in [-0.39, 0.29) is 23.0 Å². The maximum absolute atomic E-state index is 13.5. The van der Waals surface area contributed by atoms with E-state index in [4.69, 9.17) is 0 Å². The van der Waals surface area contributed by atoms with Crippen molar-refractivity contribution in [2.45, 2.75) is 19.1 Å². The van der Waals surface area contributed by atoms with Crippen LogP contribution in [0, 0.1) is 5.82 Å². The highest BCUT2D eigenvalue weighted by atomic mass is 19.4. The third kappa shape index (κ3) is 3.99. The van der Waals surface area contributed by atoms with Crippen molar-refractivity contribution in [1.82, 2.24) is 9.97 Å². The highest BCUT2D eigenvalue weighted by Gasteiger charge is 2.36. The van der Waals surface area contributed by atoms with Crippen LogP contribution in [0.2, 0.25) is 0 Å². The maximum atomic E-state index is 13.5. The largest absolute Gasteiger partial charge is 0.435 e. The SMILES string of the molecule is CC(Nc1ccc(-c2cncc(F)c2)nc1C(F)(F)F)c1ccccc1. The van der Waals surface area contributed by atoms with Crippen molar-refractivity contribution in [2.75, 3.05) is 5.32 Å². The molecule has 0 aliphatic heterocycles. The first-order valence-corrected chi connectivity index (χ1v) is 7.85. The average molecular weight is 361 g/mol. The summed E-state index contributed by atoms with van der Waals surface area (Å²) in [6, 6.07) is 12.6. The predicted octanol–water partition coefficient (Wildman–Crippen LogP) is 5.47. The highest BCUT2D eigenvalue weighted by Crippen LogP contribution is 2.36. The van der Waals surface area contributed by atoms with Gasteiger partial charge in [0.2, 0.25) is 0 Å². The van der Waals surface area contributed by atoms with Crippen molar-refractivity contribution < 1.29 is 17.6 Å². The van der Waals surface area contributed by atoms with Gasteiger partial charge in [-0.3, -0.25) is 4.98 Å². The first-order chi connectivity index (χ1) is 12.3. The third-order valence-electron chi connectivity index (χ3n) is 3.84. The van der Waals surface area contributed by atoms with Crippen LogP contribution >= 0.6 is 0 Å².